The first kappa shape index (κ1) is 23.3. The molecular formula is C28H44O3. The molecule has 0 aromatic carbocycles. The molecule has 3 saturated carbocycles. The normalized spacial score (nSPS) is 44.7. The van der Waals surface area contributed by atoms with Crippen LogP contribution in [0.5, 0.6) is 0 Å². The average molecular weight is 429 g/mol. The summed E-state index contributed by atoms with van der Waals surface area (Å²) in [6, 6.07) is 0. The number of allylic oxidation sites excluding steroid dienone is 4. The summed E-state index contributed by atoms with van der Waals surface area (Å²) in [7, 11) is 0. The maximum atomic E-state index is 11.0. The van der Waals surface area contributed by atoms with Crippen molar-refractivity contribution < 1.29 is 15.3 Å². The van der Waals surface area contributed by atoms with Crippen molar-refractivity contribution in [1.29, 1.82) is 0 Å². The largest absolute Gasteiger partial charge is 0.393 e. The molecule has 3 N–H and O–H groups in total. The highest BCUT2D eigenvalue weighted by Gasteiger charge is 2.58. The van der Waals surface area contributed by atoms with Crippen LogP contribution < -0.4 is 0 Å². The predicted octanol–water partition coefficient (Wildman–Crippen LogP) is 5.42. The van der Waals surface area contributed by atoms with Crippen LogP contribution in [0.3, 0.4) is 0 Å². The fourth-order valence-electron chi connectivity index (χ4n) is 7.66. The molecule has 174 valence electrons. The Balaban J connectivity index is 1.58. The summed E-state index contributed by atoms with van der Waals surface area (Å²) in [6.07, 6.45) is 14.4. The summed E-state index contributed by atoms with van der Waals surface area (Å²) in [5.74, 6) is 2.29. The van der Waals surface area contributed by atoms with Gasteiger partial charge in [0.15, 0.2) is 0 Å². The van der Waals surface area contributed by atoms with Gasteiger partial charge >= 0.3 is 0 Å². The molecule has 3 nitrogen and oxygen atoms in total. The minimum Gasteiger partial charge on any atom is -0.393 e. The van der Waals surface area contributed by atoms with Crippen molar-refractivity contribution in [1.82, 2.24) is 0 Å². The van der Waals surface area contributed by atoms with Gasteiger partial charge in [0.05, 0.1) is 17.8 Å². The van der Waals surface area contributed by atoms with Gasteiger partial charge in [0.1, 0.15) is 0 Å². The zero-order valence-corrected chi connectivity index (χ0v) is 20.4. The number of aliphatic hydroxyl groups excluding tert-OH is 2. The van der Waals surface area contributed by atoms with Crippen molar-refractivity contribution >= 4 is 0 Å². The molecule has 3 heteroatoms. The molecule has 0 spiro atoms. The molecule has 3 fully saturated rings. The molecule has 31 heavy (non-hydrogen) atoms. The fraction of sp³-hybridized carbons (Fsp3) is 0.786. The molecule has 9 atom stereocenters. The number of hydrogen-bond acceptors (Lipinski definition) is 3. The van der Waals surface area contributed by atoms with E-state index in [-0.39, 0.29) is 11.3 Å². The third-order valence-corrected chi connectivity index (χ3v) is 10.2. The van der Waals surface area contributed by atoms with Gasteiger partial charge in [-0.05, 0) is 75.0 Å². The quantitative estimate of drug-likeness (QED) is 0.524. The molecule has 0 aromatic heterocycles. The highest BCUT2D eigenvalue weighted by molar-refractivity contribution is 5.40. The van der Waals surface area contributed by atoms with Crippen LogP contribution >= 0.6 is 0 Å². The van der Waals surface area contributed by atoms with Crippen molar-refractivity contribution in [2.45, 2.75) is 97.9 Å². The summed E-state index contributed by atoms with van der Waals surface area (Å²) < 4.78 is 0. The molecule has 0 unspecified atom stereocenters. The summed E-state index contributed by atoms with van der Waals surface area (Å²) in [5.41, 5.74) is 2.22. The molecule has 0 amide bonds. The van der Waals surface area contributed by atoms with E-state index in [1.54, 1.807) is 5.57 Å². The third kappa shape index (κ3) is 3.69. The fourth-order valence-corrected chi connectivity index (χ4v) is 7.66. The van der Waals surface area contributed by atoms with Gasteiger partial charge in [0.25, 0.3) is 0 Å². The zero-order valence-electron chi connectivity index (χ0n) is 20.4. The monoisotopic (exact) mass is 428 g/mol. The highest BCUT2D eigenvalue weighted by atomic mass is 16.3. The van der Waals surface area contributed by atoms with E-state index in [1.165, 1.54) is 24.8 Å². The van der Waals surface area contributed by atoms with E-state index in [1.807, 2.05) is 13.8 Å². The maximum absolute atomic E-state index is 11.0. The van der Waals surface area contributed by atoms with E-state index in [0.29, 0.717) is 41.9 Å². The van der Waals surface area contributed by atoms with Crippen molar-refractivity contribution in [3.05, 3.63) is 35.5 Å². The average Bonchev–Trinajstić information content (AvgIpc) is 3.03. The van der Waals surface area contributed by atoms with Gasteiger partial charge in [-0.3, -0.25) is 0 Å². The summed E-state index contributed by atoms with van der Waals surface area (Å²) in [6.45, 7) is 13.0. The van der Waals surface area contributed by atoms with Crippen LogP contribution in [0.1, 0.15) is 80.1 Å². The smallest absolute Gasteiger partial charge is 0.0661 e. The lowest BCUT2D eigenvalue weighted by molar-refractivity contribution is -0.0537. The molecule has 0 heterocycles. The Morgan fingerprint density at radius 3 is 2.42 bits per heavy atom. The van der Waals surface area contributed by atoms with Crippen LogP contribution in [0, 0.1) is 40.4 Å². The predicted molar refractivity (Wildman–Crippen MR) is 126 cm³/mol. The molecule has 0 saturated heterocycles. The van der Waals surface area contributed by atoms with Gasteiger partial charge < -0.3 is 15.3 Å². The topological polar surface area (TPSA) is 60.7 Å². The van der Waals surface area contributed by atoms with Crippen LogP contribution in [0.2, 0.25) is 0 Å². The van der Waals surface area contributed by atoms with Crippen LogP contribution in [-0.4, -0.2) is 33.1 Å². The van der Waals surface area contributed by atoms with Gasteiger partial charge in [-0.1, -0.05) is 63.1 Å². The lowest BCUT2D eigenvalue weighted by Gasteiger charge is -2.56. The molecule has 0 aliphatic heterocycles. The standard InChI is InChI=1S/C28H44O3/c1-17(7-8-18(2)26(3,4)31)22-11-12-23-21-10-9-19-15-20(29)16-25(30)28(19,6)24(21)13-14-27(22,23)5/h7-10,17-18,20,22-25,29-31H,11-16H2,1-6H3/t17-,18+,20-,22-,23+,24+,25+,27-,28+/m1/s1. The van der Waals surface area contributed by atoms with Crippen LogP contribution in [0.15, 0.2) is 35.5 Å². The number of fused-ring (bicyclic) bond motifs is 5. The molecule has 0 aromatic rings. The Bertz CT molecular complexity index is 787. The van der Waals surface area contributed by atoms with E-state index in [0.717, 1.165) is 6.42 Å². The van der Waals surface area contributed by atoms with Crippen molar-refractivity contribution in [3.63, 3.8) is 0 Å². The Labute approximate surface area is 189 Å². The van der Waals surface area contributed by atoms with Gasteiger partial charge in [0, 0.05) is 17.8 Å². The SMILES string of the molecule is C[C@H](C=C[C@H](C)C(C)(C)O)[C@H]1CC[C@H]2C3=CC=C4C[C@@H](O)C[C@H](O)[C@]4(C)[C@H]3CC[C@]12C. The summed E-state index contributed by atoms with van der Waals surface area (Å²) >= 11 is 0. The molecular weight excluding hydrogens is 384 g/mol. The molecule has 0 radical (unpaired) electrons. The van der Waals surface area contributed by atoms with Crippen LogP contribution in [-0.2, 0) is 0 Å². The van der Waals surface area contributed by atoms with Crippen molar-refractivity contribution in [2.75, 3.05) is 0 Å². The second-order valence-electron chi connectivity index (χ2n) is 12.3. The van der Waals surface area contributed by atoms with Gasteiger partial charge in [-0.15, -0.1) is 0 Å². The Morgan fingerprint density at radius 2 is 1.74 bits per heavy atom. The van der Waals surface area contributed by atoms with E-state index in [2.05, 4.69) is 52.0 Å². The minimum atomic E-state index is -0.683. The Morgan fingerprint density at radius 1 is 1.03 bits per heavy atom. The zero-order chi connectivity index (χ0) is 22.8. The number of aliphatic hydroxyl groups is 3. The van der Waals surface area contributed by atoms with E-state index < -0.39 is 17.8 Å². The minimum absolute atomic E-state index is 0.142. The molecule has 4 aliphatic rings. The Kier molecular flexibility index (Phi) is 5.89. The van der Waals surface area contributed by atoms with Crippen LogP contribution in [0.4, 0.5) is 0 Å². The first-order valence-corrected chi connectivity index (χ1v) is 12.6. The molecule has 0 bridgehead atoms. The first-order chi connectivity index (χ1) is 14.4. The summed E-state index contributed by atoms with van der Waals surface area (Å²) in [4.78, 5) is 0. The lowest BCUT2D eigenvalue weighted by Crippen LogP contribution is -2.52. The van der Waals surface area contributed by atoms with E-state index in [9.17, 15) is 15.3 Å². The number of rotatable bonds is 4. The summed E-state index contributed by atoms with van der Waals surface area (Å²) in [5, 5.41) is 31.5. The van der Waals surface area contributed by atoms with Crippen molar-refractivity contribution in [2.24, 2.45) is 40.4 Å². The van der Waals surface area contributed by atoms with E-state index in [4.69, 9.17) is 0 Å². The van der Waals surface area contributed by atoms with Gasteiger partial charge in [-0.25, -0.2) is 0 Å². The second kappa shape index (κ2) is 7.85. The number of hydrogen-bond donors (Lipinski definition) is 3. The Hall–Kier alpha value is -0.900. The first-order valence-electron chi connectivity index (χ1n) is 12.6. The van der Waals surface area contributed by atoms with Crippen LogP contribution in [0.25, 0.3) is 0 Å². The highest BCUT2D eigenvalue weighted by Crippen LogP contribution is 2.66. The van der Waals surface area contributed by atoms with Gasteiger partial charge in [-0.2, -0.15) is 0 Å². The molecule has 4 aliphatic carbocycles. The third-order valence-electron chi connectivity index (χ3n) is 10.2. The second-order valence-corrected chi connectivity index (χ2v) is 12.3. The lowest BCUT2D eigenvalue weighted by atomic mass is 9.49. The van der Waals surface area contributed by atoms with Gasteiger partial charge in [0.2, 0.25) is 0 Å². The molecule has 4 rings (SSSR count). The maximum Gasteiger partial charge on any atom is 0.0661 e. The van der Waals surface area contributed by atoms with E-state index >= 15 is 0 Å². The van der Waals surface area contributed by atoms with Crippen molar-refractivity contribution in [3.8, 4) is 0 Å².